The zero-order valence-electron chi connectivity index (χ0n) is 11.9. The SMILES string of the molecule is CCOC(C(O)Cc1cc(F)cc(F)c1)C(C)(C)C. The number of rotatable bonds is 5. The Morgan fingerprint density at radius 1 is 1.16 bits per heavy atom. The van der Waals surface area contributed by atoms with E-state index in [4.69, 9.17) is 4.74 Å². The Morgan fingerprint density at radius 2 is 1.68 bits per heavy atom. The van der Waals surface area contributed by atoms with E-state index >= 15 is 0 Å². The van der Waals surface area contributed by atoms with Gasteiger partial charge in [0.1, 0.15) is 11.6 Å². The molecular formula is C15H22F2O2. The van der Waals surface area contributed by atoms with Gasteiger partial charge >= 0.3 is 0 Å². The van der Waals surface area contributed by atoms with Crippen LogP contribution >= 0.6 is 0 Å². The molecule has 1 rings (SSSR count). The Bertz CT molecular complexity index is 393. The molecule has 0 aromatic heterocycles. The molecule has 0 heterocycles. The standard InChI is InChI=1S/C15H22F2O2/c1-5-19-14(15(2,3)4)13(18)8-10-6-11(16)9-12(17)7-10/h6-7,9,13-14,18H,5,8H2,1-4H3. The maximum Gasteiger partial charge on any atom is 0.126 e. The van der Waals surface area contributed by atoms with Gasteiger partial charge in [-0.25, -0.2) is 8.78 Å². The summed E-state index contributed by atoms with van der Waals surface area (Å²) in [5.41, 5.74) is 0.181. The van der Waals surface area contributed by atoms with Crippen molar-refractivity contribution in [3.05, 3.63) is 35.4 Å². The smallest absolute Gasteiger partial charge is 0.126 e. The fourth-order valence-electron chi connectivity index (χ4n) is 2.20. The van der Waals surface area contributed by atoms with Crippen LogP contribution in [0, 0.1) is 17.0 Å². The van der Waals surface area contributed by atoms with Crippen LogP contribution in [0.5, 0.6) is 0 Å². The van der Waals surface area contributed by atoms with Crippen molar-refractivity contribution in [1.82, 2.24) is 0 Å². The van der Waals surface area contributed by atoms with E-state index in [1.54, 1.807) is 0 Å². The molecule has 0 aliphatic rings. The molecule has 2 unspecified atom stereocenters. The predicted octanol–water partition coefficient (Wildman–Crippen LogP) is 3.32. The quantitative estimate of drug-likeness (QED) is 0.891. The van der Waals surface area contributed by atoms with Crippen LogP contribution in [-0.2, 0) is 11.2 Å². The topological polar surface area (TPSA) is 29.5 Å². The number of aliphatic hydroxyl groups is 1. The monoisotopic (exact) mass is 272 g/mol. The highest BCUT2D eigenvalue weighted by molar-refractivity contribution is 5.19. The average molecular weight is 272 g/mol. The van der Waals surface area contributed by atoms with Crippen molar-refractivity contribution in [2.24, 2.45) is 5.41 Å². The minimum absolute atomic E-state index is 0.163. The van der Waals surface area contributed by atoms with E-state index in [2.05, 4.69) is 0 Å². The highest BCUT2D eigenvalue weighted by Gasteiger charge is 2.31. The maximum absolute atomic E-state index is 13.1. The summed E-state index contributed by atoms with van der Waals surface area (Å²) in [5, 5.41) is 10.2. The lowest BCUT2D eigenvalue weighted by atomic mass is 9.83. The fraction of sp³-hybridized carbons (Fsp3) is 0.600. The molecule has 0 amide bonds. The summed E-state index contributed by atoms with van der Waals surface area (Å²) < 4.78 is 31.8. The minimum Gasteiger partial charge on any atom is -0.390 e. The summed E-state index contributed by atoms with van der Waals surface area (Å²) >= 11 is 0. The Labute approximate surface area is 113 Å². The molecule has 0 aliphatic carbocycles. The second-order valence-corrected chi connectivity index (χ2v) is 5.79. The molecule has 2 atom stereocenters. The Hall–Kier alpha value is -1.00. The molecule has 0 fully saturated rings. The van der Waals surface area contributed by atoms with Crippen LogP contribution in [-0.4, -0.2) is 23.9 Å². The number of ether oxygens (including phenoxy) is 1. The van der Waals surface area contributed by atoms with Crippen molar-refractivity contribution in [2.45, 2.75) is 46.3 Å². The van der Waals surface area contributed by atoms with Gasteiger partial charge in [0, 0.05) is 19.1 Å². The normalized spacial score (nSPS) is 15.3. The number of hydrogen-bond donors (Lipinski definition) is 1. The number of halogens is 2. The van der Waals surface area contributed by atoms with Crippen LogP contribution in [0.15, 0.2) is 18.2 Å². The summed E-state index contributed by atoms with van der Waals surface area (Å²) in [4.78, 5) is 0. The van der Waals surface area contributed by atoms with Gasteiger partial charge in [0.2, 0.25) is 0 Å². The zero-order valence-corrected chi connectivity index (χ0v) is 11.9. The third-order valence-electron chi connectivity index (χ3n) is 2.92. The minimum atomic E-state index is -0.804. The van der Waals surface area contributed by atoms with Crippen LogP contribution in [0.4, 0.5) is 8.78 Å². The van der Waals surface area contributed by atoms with Crippen LogP contribution in [0.3, 0.4) is 0 Å². The average Bonchev–Trinajstić information content (AvgIpc) is 2.22. The van der Waals surface area contributed by atoms with Gasteiger partial charge in [0.05, 0.1) is 12.2 Å². The summed E-state index contributed by atoms with van der Waals surface area (Å²) in [6.07, 6.45) is -1.03. The summed E-state index contributed by atoms with van der Waals surface area (Å²) in [5.74, 6) is -1.27. The van der Waals surface area contributed by atoms with E-state index in [-0.39, 0.29) is 17.9 Å². The first kappa shape index (κ1) is 16.1. The van der Waals surface area contributed by atoms with Crippen molar-refractivity contribution in [3.8, 4) is 0 Å². The Kier molecular flexibility index (Phi) is 5.44. The van der Waals surface area contributed by atoms with Crippen molar-refractivity contribution >= 4 is 0 Å². The molecule has 2 nitrogen and oxygen atoms in total. The van der Waals surface area contributed by atoms with E-state index in [1.165, 1.54) is 12.1 Å². The zero-order chi connectivity index (χ0) is 14.6. The maximum atomic E-state index is 13.1. The predicted molar refractivity (Wildman–Crippen MR) is 70.9 cm³/mol. The molecule has 0 aliphatic heterocycles. The molecule has 0 bridgehead atoms. The van der Waals surface area contributed by atoms with Crippen LogP contribution < -0.4 is 0 Å². The van der Waals surface area contributed by atoms with Gasteiger partial charge < -0.3 is 9.84 Å². The summed E-state index contributed by atoms with van der Waals surface area (Å²) in [7, 11) is 0. The second kappa shape index (κ2) is 6.44. The lowest BCUT2D eigenvalue weighted by molar-refractivity contribution is -0.0873. The largest absolute Gasteiger partial charge is 0.390 e. The summed E-state index contributed by atoms with van der Waals surface area (Å²) in [6, 6.07) is 3.29. The lowest BCUT2D eigenvalue weighted by Gasteiger charge is -2.34. The molecule has 0 spiro atoms. The van der Waals surface area contributed by atoms with Gasteiger partial charge in [0.25, 0.3) is 0 Å². The van der Waals surface area contributed by atoms with Crippen LogP contribution in [0.25, 0.3) is 0 Å². The molecule has 0 radical (unpaired) electrons. The fourth-order valence-corrected chi connectivity index (χ4v) is 2.20. The summed E-state index contributed by atoms with van der Waals surface area (Å²) in [6.45, 7) is 8.22. The highest BCUT2D eigenvalue weighted by Crippen LogP contribution is 2.27. The molecule has 4 heteroatoms. The third kappa shape index (κ3) is 4.88. The van der Waals surface area contributed by atoms with Crippen molar-refractivity contribution in [2.75, 3.05) is 6.61 Å². The first-order valence-electron chi connectivity index (χ1n) is 6.48. The van der Waals surface area contributed by atoms with E-state index in [0.29, 0.717) is 12.2 Å². The van der Waals surface area contributed by atoms with Crippen molar-refractivity contribution in [3.63, 3.8) is 0 Å². The molecule has 1 aromatic rings. The molecule has 19 heavy (non-hydrogen) atoms. The molecular weight excluding hydrogens is 250 g/mol. The number of aliphatic hydroxyl groups excluding tert-OH is 1. The van der Waals surface area contributed by atoms with Gasteiger partial charge in [0.15, 0.2) is 0 Å². The first-order chi connectivity index (χ1) is 8.74. The molecule has 0 saturated carbocycles. The Balaban J connectivity index is 2.84. The molecule has 1 aromatic carbocycles. The third-order valence-corrected chi connectivity index (χ3v) is 2.92. The van der Waals surface area contributed by atoms with E-state index in [1.807, 2.05) is 27.7 Å². The number of benzene rings is 1. The lowest BCUT2D eigenvalue weighted by Crippen LogP contribution is -2.41. The van der Waals surface area contributed by atoms with E-state index in [9.17, 15) is 13.9 Å². The van der Waals surface area contributed by atoms with Crippen molar-refractivity contribution in [1.29, 1.82) is 0 Å². The molecule has 1 N–H and O–H groups in total. The highest BCUT2D eigenvalue weighted by atomic mass is 19.1. The van der Waals surface area contributed by atoms with Gasteiger partial charge in [-0.2, -0.15) is 0 Å². The van der Waals surface area contributed by atoms with Crippen LogP contribution in [0.1, 0.15) is 33.3 Å². The second-order valence-electron chi connectivity index (χ2n) is 5.79. The van der Waals surface area contributed by atoms with Crippen LogP contribution in [0.2, 0.25) is 0 Å². The molecule has 108 valence electrons. The first-order valence-corrected chi connectivity index (χ1v) is 6.48. The van der Waals surface area contributed by atoms with E-state index < -0.39 is 17.7 Å². The Morgan fingerprint density at radius 3 is 2.11 bits per heavy atom. The van der Waals surface area contributed by atoms with E-state index in [0.717, 1.165) is 6.07 Å². The number of hydrogen-bond acceptors (Lipinski definition) is 2. The van der Waals surface area contributed by atoms with Gasteiger partial charge in [-0.3, -0.25) is 0 Å². The van der Waals surface area contributed by atoms with Crippen molar-refractivity contribution < 1.29 is 18.6 Å². The van der Waals surface area contributed by atoms with Gasteiger partial charge in [-0.15, -0.1) is 0 Å². The van der Waals surface area contributed by atoms with Gasteiger partial charge in [-0.1, -0.05) is 20.8 Å². The van der Waals surface area contributed by atoms with Gasteiger partial charge in [-0.05, 0) is 30.0 Å². The molecule has 0 saturated heterocycles.